The van der Waals surface area contributed by atoms with Crippen LogP contribution in [0.1, 0.15) is 10.4 Å². The van der Waals surface area contributed by atoms with E-state index in [4.69, 9.17) is 11.6 Å². The second kappa shape index (κ2) is 5.22. The molecule has 3 aromatic rings. The standard InChI is InChI=1S/C14H9ClN4O/c15-11-7-12(18-8-17-11)19-14(20)10-5-1-3-9-4-2-6-16-13(9)10/h1-8H,(H,17,18,19,20). The SMILES string of the molecule is O=C(Nc1cc(Cl)ncn1)c1cccc2cccnc12. The molecule has 0 radical (unpaired) electrons. The van der Waals surface area contributed by atoms with Crippen LogP contribution in [0, 0.1) is 0 Å². The fraction of sp³-hybridized carbons (Fsp3) is 0. The van der Waals surface area contributed by atoms with Crippen LogP contribution in [0.15, 0.2) is 48.9 Å². The molecule has 1 aromatic carbocycles. The number of carbonyl (C=O) groups excluding carboxylic acids is 1. The van der Waals surface area contributed by atoms with Crippen LogP contribution >= 0.6 is 11.6 Å². The fourth-order valence-electron chi connectivity index (χ4n) is 1.87. The number of nitrogens with one attached hydrogen (secondary N) is 1. The van der Waals surface area contributed by atoms with Crippen LogP contribution in [0.2, 0.25) is 5.15 Å². The molecule has 0 atom stereocenters. The lowest BCUT2D eigenvalue weighted by Crippen LogP contribution is -2.13. The minimum absolute atomic E-state index is 0.270. The molecular weight excluding hydrogens is 276 g/mol. The van der Waals surface area contributed by atoms with Gasteiger partial charge in [-0.05, 0) is 12.1 Å². The highest BCUT2D eigenvalue weighted by Gasteiger charge is 2.11. The third kappa shape index (κ3) is 2.44. The van der Waals surface area contributed by atoms with Crippen molar-refractivity contribution in [1.29, 1.82) is 0 Å². The van der Waals surface area contributed by atoms with Gasteiger partial charge >= 0.3 is 0 Å². The molecule has 2 heterocycles. The quantitative estimate of drug-likeness (QED) is 0.735. The van der Waals surface area contributed by atoms with Gasteiger partial charge < -0.3 is 5.32 Å². The Bertz CT molecular complexity index is 785. The van der Waals surface area contributed by atoms with Crippen molar-refractivity contribution in [2.24, 2.45) is 0 Å². The summed E-state index contributed by atoms with van der Waals surface area (Å²) in [6.07, 6.45) is 2.94. The number of fused-ring (bicyclic) bond motifs is 1. The van der Waals surface area contributed by atoms with Crippen molar-refractivity contribution in [2.45, 2.75) is 0 Å². The molecule has 0 saturated heterocycles. The average molecular weight is 285 g/mol. The van der Waals surface area contributed by atoms with E-state index in [1.807, 2.05) is 24.3 Å². The monoisotopic (exact) mass is 284 g/mol. The van der Waals surface area contributed by atoms with Crippen molar-refractivity contribution < 1.29 is 4.79 Å². The van der Waals surface area contributed by atoms with E-state index in [1.165, 1.54) is 12.4 Å². The normalized spacial score (nSPS) is 10.4. The van der Waals surface area contributed by atoms with Crippen LogP contribution in [0.5, 0.6) is 0 Å². The van der Waals surface area contributed by atoms with E-state index in [0.717, 1.165) is 5.39 Å². The van der Waals surface area contributed by atoms with Gasteiger partial charge in [-0.25, -0.2) is 9.97 Å². The van der Waals surface area contributed by atoms with E-state index in [-0.39, 0.29) is 11.1 Å². The number of pyridine rings is 1. The summed E-state index contributed by atoms with van der Waals surface area (Å²) < 4.78 is 0. The van der Waals surface area contributed by atoms with Crippen LogP contribution in [0.3, 0.4) is 0 Å². The largest absolute Gasteiger partial charge is 0.306 e. The molecule has 0 aliphatic heterocycles. The van der Waals surface area contributed by atoms with Crippen molar-refractivity contribution in [2.75, 3.05) is 5.32 Å². The highest BCUT2D eigenvalue weighted by atomic mass is 35.5. The Kier molecular flexibility index (Phi) is 3.26. The summed E-state index contributed by atoms with van der Waals surface area (Å²) in [5.74, 6) is 0.0620. The Morgan fingerprint density at radius 1 is 1.10 bits per heavy atom. The number of rotatable bonds is 2. The van der Waals surface area contributed by atoms with Gasteiger partial charge in [0.25, 0.3) is 5.91 Å². The van der Waals surface area contributed by atoms with Crippen molar-refractivity contribution in [1.82, 2.24) is 15.0 Å². The second-order valence-electron chi connectivity index (χ2n) is 4.06. The summed E-state index contributed by atoms with van der Waals surface area (Å²) >= 11 is 5.75. The molecule has 0 saturated carbocycles. The lowest BCUT2D eigenvalue weighted by Gasteiger charge is -2.06. The van der Waals surface area contributed by atoms with Crippen molar-refractivity contribution >= 4 is 34.2 Å². The maximum atomic E-state index is 12.3. The Morgan fingerprint density at radius 3 is 2.80 bits per heavy atom. The third-order valence-electron chi connectivity index (χ3n) is 2.75. The van der Waals surface area contributed by atoms with Gasteiger partial charge in [0.1, 0.15) is 17.3 Å². The summed E-state index contributed by atoms with van der Waals surface area (Å²) in [6, 6.07) is 10.6. The van der Waals surface area contributed by atoms with E-state index in [0.29, 0.717) is 16.9 Å². The summed E-state index contributed by atoms with van der Waals surface area (Å²) in [5, 5.41) is 3.85. The number of nitrogens with zero attached hydrogens (tertiary/aromatic N) is 3. The minimum atomic E-state index is -0.288. The number of benzene rings is 1. The van der Waals surface area contributed by atoms with Gasteiger partial charge in [-0.15, -0.1) is 0 Å². The molecule has 0 spiro atoms. The number of para-hydroxylation sites is 1. The van der Waals surface area contributed by atoms with Crippen molar-refractivity contribution in [3.05, 3.63) is 59.6 Å². The molecule has 6 heteroatoms. The van der Waals surface area contributed by atoms with Crippen molar-refractivity contribution in [3.63, 3.8) is 0 Å². The van der Waals surface area contributed by atoms with Gasteiger partial charge in [0.2, 0.25) is 0 Å². The average Bonchev–Trinajstić information content (AvgIpc) is 2.46. The smallest absolute Gasteiger partial charge is 0.259 e. The molecule has 3 rings (SSSR count). The third-order valence-corrected chi connectivity index (χ3v) is 2.96. The first-order valence-electron chi connectivity index (χ1n) is 5.87. The molecule has 5 nitrogen and oxygen atoms in total. The van der Waals surface area contributed by atoms with E-state index >= 15 is 0 Å². The minimum Gasteiger partial charge on any atom is -0.306 e. The number of carbonyl (C=O) groups is 1. The number of aromatic nitrogens is 3. The lowest BCUT2D eigenvalue weighted by atomic mass is 10.1. The number of hydrogen-bond donors (Lipinski definition) is 1. The number of halogens is 1. The van der Waals surface area contributed by atoms with Crippen molar-refractivity contribution in [3.8, 4) is 0 Å². The molecule has 1 N–H and O–H groups in total. The molecule has 0 bridgehead atoms. The van der Waals surface area contributed by atoms with Crippen LogP contribution < -0.4 is 5.32 Å². The Balaban J connectivity index is 1.97. The number of hydrogen-bond acceptors (Lipinski definition) is 4. The van der Waals surface area contributed by atoms with Gasteiger partial charge in [0.15, 0.2) is 0 Å². The molecule has 0 aliphatic carbocycles. The van der Waals surface area contributed by atoms with Crippen LogP contribution in [-0.2, 0) is 0 Å². The van der Waals surface area contributed by atoms with E-state index in [2.05, 4.69) is 20.3 Å². The van der Waals surface area contributed by atoms with Gasteiger partial charge in [-0.2, -0.15) is 0 Å². The molecule has 2 aromatic heterocycles. The second-order valence-corrected chi connectivity index (χ2v) is 4.45. The predicted molar refractivity (Wildman–Crippen MR) is 76.7 cm³/mol. The molecule has 20 heavy (non-hydrogen) atoms. The van der Waals surface area contributed by atoms with Gasteiger partial charge in [0, 0.05) is 17.6 Å². The first-order valence-corrected chi connectivity index (χ1v) is 6.24. The topological polar surface area (TPSA) is 67.8 Å². The first kappa shape index (κ1) is 12.5. The fourth-order valence-corrected chi connectivity index (χ4v) is 2.02. The number of anilines is 1. The van der Waals surface area contributed by atoms with E-state index in [1.54, 1.807) is 12.3 Å². The van der Waals surface area contributed by atoms with Crippen LogP contribution in [0.4, 0.5) is 5.82 Å². The van der Waals surface area contributed by atoms with Gasteiger partial charge in [-0.3, -0.25) is 9.78 Å². The predicted octanol–water partition coefficient (Wildman–Crippen LogP) is 2.93. The zero-order valence-corrected chi connectivity index (χ0v) is 11.0. The summed E-state index contributed by atoms with van der Waals surface area (Å²) in [6.45, 7) is 0. The highest BCUT2D eigenvalue weighted by molar-refractivity contribution is 6.29. The molecule has 0 fully saturated rings. The molecular formula is C14H9ClN4O. The van der Waals surface area contributed by atoms with Crippen LogP contribution in [-0.4, -0.2) is 20.9 Å². The highest BCUT2D eigenvalue weighted by Crippen LogP contribution is 2.17. The summed E-state index contributed by atoms with van der Waals surface area (Å²) in [4.78, 5) is 24.2. The maximum absolute atomic E-state index is 12.3. The van der Waals surface area contributed by atoms with Gasteiger partial charge in [0.05, 0.1) is 11.1 Å². The zero-order chi connectivity index (χ0) is 13.9. The van der Waals surface area contributed by atoms with E-state index < -0.39 is 0 Å². The zero-order valence-electron chi connectivity index (χ0n) is 10.2. The summed E-state index contributed by atoms with van der Waals surface area (Å²) in [5.41, 5.74) is 1.13. The first-order chi connectivity index (χ1) is 9.74. The Labute approximate surface area is 119 Å². The lowest BCUT2D eigenvalue weighted by molar-refractivity contribution is 0.102. The molecule has 98 valence electrons. The Morgan fingerprint density at radius 2 is 1.95 bits per heavy atom. The van der Waals surface area contributed by atoms with Gasteiger partial charge in [-0.1, -0.05) is 29.8 Å². The summed E-state index contributed by atoms with van der Waals surface area (Å²) in [7, 11) is 0. The molecule has 0 unspecified atom stereocenters. The molecule has 0 aliphatic rings. The van der Waals surface area contributed by atoms with Crippen LogP contribution in [0.25, 0.3) is 10.9 Å². The maximum Gasteiger partial charge on any atom is 0.259 e. The van der Waals surface area contributed by atoms with E-state index in [9.17, 15) is 4.79 Å². The number of amides is 1. The Hall–Kier alpha value is -2.53. The molecule has 1 amide bonds.